The molecule has 0 bridgehead atoms. The average Bonchev–Trinajstić information content (AvgIpc) is 2.34. The third kappa shape index (κ3) is 5.28. The Morgan fingerprint density at radius 1 is 1.42 bits per heavy atom. The molecule has 19 heavy (non-hydrogen) atoms. The van der Waals surface area contributed by atoms with Crippen molar-refractivity contribution < 1.29 is 23.2 Å². The fourth-order valence-electron chi connectivity index (χ4n) is 1.34. The summed E-state index contributed by atoms with van der Waals surface area (Å²) in [6, 6.07) is 6.25. The molecule has 0 saturated carbocycles. The molecule has 0 unspecified atom stereocenters. The van der Waals surface area contributed by atoms with Gasteiger partial charge < -0.3 is 16.3 Å². The molecule has 1 rings (SSSR count). The fraction of sp³-hybridized carbons (Fsp3) is 0.273. The smallest absolute Gasteiger partial charge is 0.397 e. The van der Waals surface area contributed by atoms with E-state index in [2.05, 4.69) is 10.5 Å². The quantitative estimate of drug-likeness (QED) is 0.335. The van der Waals surface area contributed by atoms with Gasteiger partial charge >= 0.3 is 6.18 Å². The molecule has 8 heteroatoms. The maximum Gasteiger partial charge on any atom is 0.397 e. The lowest BCUT2D eigenvalue weighted by molar-refractivity contribution is -0.153. The van der Waals surface area contributed by atoms with E-state index in [0.29, 0.717) is 11.1 Å². The number of halogens is 3. The molecule has 5 nitrogen and oxygen atoms in total. The number of amidine groups is 1. The summed E-state index contributed by atoms with van der Waals surface area (Å²) in [6.07, 6.45) is -6.05. The van der Waals surface area contributed by atoms with Crippen LogP contribution in [0.5, 0.6) is 0 Å². The molecule has 0 aliphatic heterocycles. The number of nitrogens with zero attached hydrogens (tertiary/aromatic N) is 1. The van der Waals surface area contributed by atoms with Crippen LogP contribution in [0.15, 0.2) is 29.4 Å². The van der Waals surface area contributed by atoms with Crippen LogP contribution < -0.4 is 11.1 Å². The third-order valence-corrected chi connectivity index (χ3v) is 2.18. The molecule has 0 radical (unpaired) electrons. The Balaban J connectivity index is 2.61. The van der Waals surface area contributed by atoms with E-state index in [-0.39, 0.29) is 12.4 Å². The summed E-state index contributed by atoms with van der Waals surface area (Å²) in [5.41, 5.74) is 6.32. The number of nitrogens with two attached hydrogens (primary N) is 1. The van der Waals surface area contributed by atoms with Crippen LogP contribution in [-0.2, 0) is 11.3 Å². The van der Waals surface area contributed by atoms with E-state index < -0.39 is 18.5 Å². The highest BCUT2D eigenvalue weighted by atomic mass is 19.4. The number of benzene rings is 1. The molecular formula is C11H12F3N3O2. The average molecular weight is 275 g/mol. The second-order valence-electron chi connectivity index (χ2n) is 3.75. The molecule has 0 aromatic heterocycles. The Kier molecular flexibility index (Phi) is 4.74. The minimum absolute atomic E-state index is 0.0680. The van der Waals surface area contributed by atoms with Crippen molar-refractivity contribution in [2.75, 3.05) is 0 Å². The van der Waals surface area contributed by atoms with E-state index in [1.165, 1.54) is 6.07 Å². The van der Waals surface area contributed by atoms with Gasteiger partial charge in [0, 0.05) is 12.1 Å². The summed E-state index contributed by atoms with van der Waals surface area (Å²) >= 11 is 0. The zero-order valence-electron chi connectivity index (χ0n) is 9.74. The van der Waals surface area contributed by atoms with Crippen molar-refractivity contribution in [1.82, 2.24) is 5.32 Å². The molecule has 1 amide bonds. The molecule has 104 valence electrons. The summed E-state index contributed by atoms with van der Waals surface area (Å²) in [5.74, 6) is -1.23. The molecule has 0 saturated heterocycles. The van der Waals surface area contributed by atoms with Gasteiger partial charge in [-0.1, -0.05) is 23.4 Å². The second-order valence-corrected chi connectivity index (χ2v) is 3.75. The molecule has 0 fully saturated rings. The highest BCUT2D eigenvalue weighted by Crippen LogP contribution is 2.19. The normalized spacial score (nSPS) is 12.3. The maximum absolute atomic E-state index is 11.9. The number of amides is 1. The van der Waals surface area contributed by atoms with Crippen LogP contribution in [0, 0.1) is 0 Å². The number of hydrogen-bond donors (Lipinski definition) is 3. The molecule has 1 aromatic carbocycles. The van der Waals surface area contributed by atoms with E-state index in [0.717, 1.165) is 0 Å². The van der Waals surface area contributed by atoms with Gasteiger partial charge in [-0.2, -0.15) is 13.2 Å². The number of rotatable bonds is 4. The van der Waals surface area contributed by atoms with E-state index in [1.54, 1.807) is 18.2 Å². The Bertz CT molecular complexity index is 486. The van der Waals surface area contributed by atoms with Gasteiger partial charge in [0.25, 0.3) is 0 Å². The lowest BCUT2D eigenvalue weighted by atomic mass is 10.1. The van der Waals surface area contributed by atoms with E-state index in [4.69, 9.17) is 10.9 Å². The maximum atomic E-state index is 11.9. The molecule has 0 aliphatic rings. The van der Waals surface area contributed by atoms with Crippen molar-refractivity contribution >= 4 is 11.7 Å². The van der Waals surface area contributed by atoms with Crippen molar-refractivity contribution in [2.24, 2.45) is 10.9 Å². The van der Waals surface area contributed by atoms with Crippen LogP contribution in [0.3, 0.4) is 0 Å². The third-order valence-electron chi connectivity index (χ3n) is 2.18. The summed E-state index contributed by atoms with van der Waals surface area (Å²) < 4.78 is 35.8. The number of nitrogens with one attached hydrogen (secondary N) is 1. The van der Waals surface area contributed by atoms with Crippen molar-refractivity contribution in [3.63, 3.8) is 0 Å². The Hall–Kier alpha value is -2.25. The lowest BCUT2D eigenvalue weighted by Gasteiger charge is -2.08. The first-order chi connectivity index (χ1) is 8.81. The standard InChI is InChI=1S/C11H12F3N3O2/c12-11(13,14)5-9(18)16-6-7-2-1-3-8(4-7)10(15)17-19/h1-4,19H,5-6H2,(H2,15,17)(H,16,18). The summed E-state index contributed by atoms with van der Waals surface area (Å²) in [5, 5.41) is 13.4. The van der Waals surface area contributed by atoms with Gasteiger partial charge in [0.05, 0.1) is 0 Å². The van der Waals surface area contributed by atoms with Crippen LogP contribution in [0.1, 0.15) is 17.5 Å². The van der Waals surface area contributed by atoms with Crippen LogP contribution in [0.4, 0.5) is 13.2 Å². The van der Waals surface area contributed by atoms with Crippen LogP contribution in [0.2, 0.25) is 0 Å². The number of carbonyl (C=O) groups excluding carboxylic acids is 1. The Morgan fingerprint density at radius 3 is 2.68 bits per heavy atom. The summed E-state index contributed by atoms with van der Waals surface area (Å²) in [4.78, 5) is 11.0. The van der Waals surface area contributed by atoms with Crippen molar-refractivity contribution in [3.8, 4) is 0 Å². The second kappa shape index (κ2) is 6.07. The van der Waals surface area contributed by atoms with E-state index in [1.807, 2.05) is 0 Å². The van der Waals surface area contributed by atoms with Gasteiger partial charge in [-0.15, -0.1) is 0 Å². The molecule has 0 heterocycles. The predicted octanol–water partition coefficient (Wildman–Crippen LogP) is 1.35. The number of hydrogen-bond acceptors (Lipinski definition) is 3. The molecule has 1 aromatic rings. The number of carbonyl (C=O) groups is 1. The number of alkyl halides is 3. The predicted molar refractivity (Wildman–Crippen MR) is 61.5 cm³/mol. The molecular weight excluding hydrogens is 263 g/mol. The minimum atomic E-state index is -4.53. The highest BCUT2D eigenvalue weighted by Gasteiger charge is 2.30. The van der Waals surface area contributed by atoms with Gasteiger partial charge in [0.2, 0.25) is 5.91 Å². The zero-order chi connectivity index (χ0) is 14.5. The molecule has 0 spiro atoms. The number of oxime groups is 1. The lowest BCUT2D eigenvalue weighted by Crippen LogP contribution is -2.28. The van der Waals surface area contributed by atoms with E-state index in [9.17, 15) is 18.0 Å². The Morgan fingerprint density at radius 2 is 2.11 bits per heavy atom. The molecule has 4 N–H and O–H groups in total. The molecule has 0 aliphatic carbocycles. The SMILES string of the molecule is N/C(=N/O)c1cccc(CNC(=O)CC(F)(F)F)c1. The van der Waals surface area contributed by atoms with Crippen LogP contribution >= 0.6 is 0 Å². The molecule has 0 atom stereocenters. The van der Waals surface area contributed by atoms with Gasteiger partial charge in [0.1, 0.15) is 6.42 Å². The largest absolute Gasteiger partial charge is 0.409 e. The summed E-state index contributed by atoms with van der Waals surface area (Å²) in [6.45, 7) is -0.0680. The topological polar surface area (TPSA) is 87.7 Å². The Labute approximate surface area is 106 Å². The van der Waals surface area contributed by atoms with Gasteiger partial charge in [0.15, 0.2) is 5.84 Å². The fourth-order valence-corrected chi connectivity index (χ4v) is 1.34. The first-order valence-electron chi connectivity index (χ1n) is 5.22. The van der Waals surface area contributed by atoms with Gasteiger partial charge in [-0.3, -0.25) is 4.79 Å². The van der Waals surface area contributed by atoms with Crippen molar-refractivity contribution in [1.29, 1.82) is 0 Å². The van der Waals surface area contributed by atoms with Gasteiger partial charge in [-0.25, -0.2) is 0 Å². The van der Waals surface area contributed by atoms with E-state index >= 15 is 0 Å². The van der Waals surface area contributed by atoms with Crippen molar-refractivity contribution in [3.05, 3.63) is 35.4 Å². The zero-order valence-corrected chi connectivity index (χ0v) is 9.74. The van der Waals surface area contributed by atoms with Gasteiger partial charge in [-0.05, 0) is 11.6 Å². The summed E-state index contributed by atoms with van der Waals surface area (Å²) in [7, 11) is 0. The van der Waals surface area contributed by atoms with Crippen LogP contribution in [0.25, 0.3) is 0 Å². The van der Waals surface area contributed by atoms with Crippen molar-refractivity contribution in [2.45, 2.75) is 19.1 Å². The first-order valence-corrected chi connectivity index (χ1v) is 5.22. The first kappa shape index (κ1) is 14.8. The monoisotopic (exact) mass is 275 g/mol. The highest BCUT2D eigenvalue weighted by molar-refractivity contribution is 5.97. The minimum Gasteiger partial charge on any atom is -0.409 e. The van der Waals surface area contributed by atoms with Crippen LogP contribution in [-0.4, -0.2) is 23.1 Å².